The molecular formula is C9H10BrN3O4. The molecule has 1 atom stereocenters. The topological polar surface area (TPSA) is 96.6 Å². The number of carboxylic acids is 1. The molecule has 17 heavy (non-hydrogen) atoms. The summed E-state index contributed by atoms with van der Waals surface area (Å²) < 4.78 is 0.377. The fraction of sp³-hybridized carbons (Fsp3) is 0.333. The van der Waals surface area contributed by atoms with E-state index >= 15 is 0 Å². The van der Waals surface area contributed by atoms with E-state index in [2.05, 4.69) is 20.9 Å². The van der Waals surface area contributed by atoms with Gasteiger partial charge in [0.15, 0.2) is 0 Å². The Morgan fingerprint density at radius 3 is 2.71 bits per heavy atom. The average molecular weight is 304 g/mol. The molecule has 1 rings (SSSR count). The number of likely N-dealkylation sites (N-methyl/N-ethyl adjacent to an activating group) is 1. The third kappa shape index (κ3) is 2.70. The van der Waals surface area contributed by atoms with E-state index in [9.17, 15) is 14.9 Å². The van der Waals surface area contributed by atoms with E-state index in [1.165, 1.54) is 25.1 Å². The van der Waals surface area contributed by atoms with Crippen molar-refractivity contribution < 1.29 is 14.8 Å². The van der Waals surface area contributed by atoms with E-state index in [4.69, 9.17) is 5.11 Å². The van der Waals surface area contributed by atoms with Crippen LogP contribution < -0.4 is 4.90 Å². The summed E-state index contributed by atoms with van der Waals surface area (Å²) in [6.45, 7) is 1.44. The van der Waals surface area contributed by atoms with Gasteiger partial charge in [0.1, 0.15) is 17.9 Å². The number of rotatable bonds is 4. The average Bonchev–Trinajstić information content (AvgIpc) is 2.26. The smallest absolute Gasteiger partial charge is 0.326 e. The van der Waals surface area contributed by atoms with Gasteiger partial charge in [-0.3, -0.25) is 15.1 Å². The van der Waals surface area contributed by atoms with Gasteiger partial charge in [-0.25, -0.2) is 4.79 Å². The maximum atomic E-state index is 10.9. The highest BCUT2D eigenvalue weighted by atomic mass is 79.9. The number of aromatic nitrogens is 1. The minimum atomic E-state index is -1.06. The summed E-state index contributed by atoms with van der Waals surface area (Å²) in [5, 5.41) is 19.7. The largest absolute Gasteiger partial charge is 0.480 e. The van der Waals surface area contributed by atoms with E-state index in [0.717, 1.165) is 6.20 Å². The third-order valence-corrected chi connectivity index (χ3v) is 2.92. The Morgan fingerprint density at radius 2 is 2.24 bits per heavy atom. The van der Waals surface area contributed by atoms with Gasteiger partial charge in [-0.05, 0) is 22.9 Å². The van der Waals surface area contributed by atoms with Crippen molar-refractivity contribution >= 4 is 33.3 Å². The molecule has 0 aliphatic rings. The minimum absolute atomic E-state index is 0.194. The SMILES string of the molecule is CC(C(=O)O)N(C)c1c(Br)cncc1[N+](=O)[O-]. The summed E-state index contributed by atoms with van der Waals surface area (Å²) in [5.74, 6) is -1.06. The molecule has 0 radical (unpaired) electrons. The Bertz CT molecular complexity index is 466. The summed E-state index contributed by atoms with van der Waals surface area (Å²) in [6, 6.07) is -0.882. The molecule has 1 heterocycles. The van der Waals surface area contributed by atoms with E-state index < -0.39 is 16.9 Å². The molecule has 0 aliphatic heterocycles. The van der Waals surface area contributed by atoms with Crippen LogP contribution in [0.5, 0.6) is 0 Å². The molecule has 0 fully saturated rings. The second-order valence-corrected chi connectivity index (χ2v) is 4.23. The predicted molar refractivity (Wildman–Crippen MR) is 64.1 cm³/mol. The molecule has 1 aromatic rings. The van der Waals surface area contributed by atoms with Gasteiger partial charge in [0.25, 0.3) is 0 Å². The predicted octanol–water partition coefficient (Wildman–Crippen LogP) is 1.66. The maximum Gasteiger partial charge on any atom is 0.326 e. The van der Waals surface area contributed by atoms with Gasteiger partial charge >= 0.3 is 11.7 Å². The van der Waals surface area contributed by atoms with Gasteiger partial charge in [0, 0.05) is 13.2 Å². The molecule has 0 spiro atoms. The molecule has 0 aliphatic carbocycles. The lowest BCUT2D eigenvalue weighted by atomic mass is 10.2. The van der Waals surface area contributed by atoms with Gasteiger partial charge in [-0.2, -0.15) is 0 Å². The lowest BCUT2D eigenvalue weighted by Gasteiger charge is -2.23. The third-order valence-electron chi connectivity index (χ3n) is 2.34. The van der Waals surface area contributed by atoms with Crippen molar-refractivity contribution in [1.29, 1.82) is 0 Å². The van der Waals surface area contributed by atoms with Crippen LogP contribution in [0.25, 0.3) is 0 Å². The number of carboxylic acid groups (broad SMARTS) is 1. The number of pyridine rings is 1. The molecule has 92 valence electrons. The Morgan fingerprint density at radius 1 is 1.65 bits per heavy atom. The molecule has 1 N–H and O–H groups in total. The highest BCUT2D eigenvalue weighted by Crippen LogP contribution is 2.34. The number of halogens is 1. The van der Waals surface area contributed by atoms with E-state index in [-0.39, 0.29) is 11.4 Å². The highest BCUT2D eigenvalue weighted by Gasteiger charge is 2.26. The van der Waals surface area contributed by atoms with Crippen LogP contribution >= 0.6 is 15.9 Å². The first-order valence-electron chi connectivity index (χ1n) is 4.59. The monoisotopic (exact) mass is 303 g/mol. The number of aliphatic carboxylic acids is 1. The fourth-order valence-electron chi connectivity index (χ4n) is 1.26. The summed E-state index contributed by atoms with van der Waals surface area (Å²) in [5.41, 5.74) is -0.0464. The number of hydrogen-bond acceptors (Lipinski definition) is 5. The number of anilines is 1. The molecular weight excluding hydrogens is 294 g/mol. The standard InChI is InChI=1S/C9H10BrN3O4/c1-5(9(14)15)12(2)8-6(10)3-11-4-7(8)13(16)17/h3-5H,1-2H3,(H,14,15). The lowest BCUT2D eigenvalue weighted by molar-refractivity contribution is -0.384. The van der Waals surface area contributed by atoms with Crippen molar-refractivity contribution in [1.82, 2.24) is 4.98 Å². The quantitative estimate of drug-likeness (QED) is 0.671. The number of carbonyl (C=O) groups is 1. The molecule has 0 saturated heterocycles. The second kappa shape index (κ2) is 5.09. The molecule has 0 amide bonds. The minimum Gasteiger partial charge on any atom is -0.480 e. The van der Waals surface area contributed by atoms with Crippen LogP contribution in [-0.4, -0.2) is 34.1 Å². The molecule has 0 bridgehead atoms. The summed E-state index contributed by atoms with van der Waals surface area (Å²) in [7, 11) is 1.48. The zero-order chi connectivity index (χ0) is 13.2. The molecule has 1 aromatic heterocycles. The first-order valence-corrected chi connectivity index (χ1v) is 5.39. The van der Waals surface area contributed by atoms with Crippen LogP contribution in [0.3, 0.4) is 0 Å². The van der Waals surface area contributed by atoms with Crippen molar-refractivity contribution in [3.8, 4) is 0 Å². The Balaban J connectivity index is 3.29. The first-order chi connectivity index (χ1) is 7.86. The Kier molecular flexibility index (Phi) is 4.00. The lowest BCUT2D eigenvalue weighted by Crippen LogP contribution is -2.36. The molecule has 0 aromatic carbocycles. The maximum absolute atomic E-state index is 10.9. The zero-order valence-electron chi connectivity index (χ0n) is 9.12. The summed E-state index contributed by atoms with van der Waals surface area (Å²) >= 11 is 3.13. The van der Waals surface area contributed by atoms with Gasteiger partial charge in [-0.1, -0.05) is 0 Å². The van der Waals surface area contributed by atoms with Crippen molar-refractivity contribution in [2.75, 3.05) is 11.9 Å². The normalized spacial score (nSPS) is 11.9. The van der Waals surface area contributed by atoms with Crippen LogP contribution in [0.1, 0.15) is 6.92 Å². The molecule has 0 saturated carbocycles. The van der Waals surface area contributed by atoms with E-state index in [0.29, 0.717) is 4.47 Å². The number of hydrogen-bond donors (Lipinski definition) is 1. The Hall–Kier alpha value is -1.70. The molecule has 7 nitrogen and oxygen atoms in total. The van der Waals surface area contributed by atoms with Crippen molar-refractivity contribution in [3.05, 3.63) is 27.0 Å². The van der Waals surface area contributed by atoms with E-state index in [1.807, 2.05) is 0 Å². The second-order valence-electron chi connectivity index (χ2n) is 3.37. The van der Waals surface area contributed by atoms with Gasteiger partial charge in [-0.15, -0.1) is 0 Å². The first kappa shape index (κ1) is 13.4. The summed E-state index contributed by atoms with van der Waals surface area (Å²) in [6.07, 6.45) is 2.47. The summed E-state index contributed by atoms with van der Waals surface area (Å²) in [4.78, 5) is 26.1. The van der Waals surface area contributed by atoms with E-state index in [1.54, 1.807) is 0 Å². The number of nitro groups is 1. The highest BCUT2D eigenvalue weighted by molar-refractivity contribution is 9.10. The zero-order valence-corrected chi connectivity index (χ0v) is 10.7. The van der Waals surface area contributed by atoms with Crippen molar-refractivity contribution in [2.24, 2.45) is 0 Å². The van der Waals surface area contributed by atoms with Crippen LogP contribution in [-0.2, 0) is 4.79 Å². The van der Waals surface area contributed by atoms with Gasteiger partial charge in [0.2, 0.25) is 0 Å². The molecule has 1 unspecified atom stereocenters. The van der Waals surface area contributed by atoms with Crippen LogP contribution in [0, 0.1) is 10.1 Å². The fourth-order valence-corrected chi connectivity index (χ4v) is 1.86. The van der Waals surface area contributed by atoms with Crippen LogP contribution in [0.2, 0.25) is 0 Å². The van der Waals surface area contributed by atoms with Crippen molar-refractivity contribution in [2.45, 2.75) is 13.0 Å². The van der Waals surface area contributed by atoms with Crippen molar-refractivity contribution in [3.63, 3.8) is 0 Å². The van der Waals surface area contributed by atoms with Gasteiger partial charge < -0.3 is 10.0 Å². The number of nitrogens with zero attached hydrogens (tertiary/aromatic N) is 3. The van der Waals surface area contributed by atoms with Crippen LogP contribution in [0.4, 0.5) is 11.4 Å². The van der Waals surface area contributed by atoms with Crippen LogP contribution in [0.15, 0.2) is 16.9 Å². The van der Waals surface area contributed by atoms with Gasteiger partial charge in [0.05, 0.1) is 9.40 Å². The molecule has 8 heteroatoms. The Labute approximate surface area is 105 Å².